The number of nitrogens with zero attached hydrogens (tertiary/aromatic N) is 4. The van der Waals surface area contributed by atoms with Crippen molar-refractivity contribution in [1.29, 1.82) is 0 Å². The lowest BCUT2D eigenvalue weighted by Crippen LogP contribution is -2.19. The maximum absolute atomic E-state index is 5.49. The molecule has 6 heteroatoms. The van der Waals surface area contributed by atoms with Crippen LogP contribution < -0.4 is 10.6 Å². The molecule has 0 unspecified atom stereocenters. The average Bonchev–Trinajstić information content (AvgIpc) is 2.76. The van der Waals surface area contributed by atoms with Gasteiger partial charge in [-0.2, -0.15) is 0 Å². The third kappa shape index (κ3) is 3.24. The van der Waals surface area contributed by atoms with E-state index in [0.717, 1.165) is 29.2 Å². The van der Waals surface area contributed by atoms with Gasteiger partial charge in [-0.1, -0.05) is 0 Å². The van der Waals surface area contributed by atoms with Crippen molar-refractivity contribution in [3.05, 3.63) is 34.0 Å². The zero-order valence-electron chi connectivity index (χ0n) is 10.6. The Morgan fingerprint density at radius 1 is 1.33 bits per heavy atom. The molecule has 2 aromatic heterocycles. The van der Waals surface area contributed by atoms with E-state index in [4.69, 9.17) is 5.73 Å². The van der Waals surface area contributed by atoms with Crippen molar-refractivity contribution in [2.45, 2.75) is 19.9 Å². The van der Waals surface area contributed by atoms with Crippen LogP contribution in [0.5, 0.6) is 0 Å². The number of nitrogens with two attached hydrogens (primary N) is 1. The summed E-state index contributed by atoms with van der Waals surface area (Å²) in [6, 6.07) is 0. The Balaban J connectivity index is 2.02. The van der Waals surface area contributed by atoms with E-state index in [-0.39, 0.29) is 0 Å². The Morgan fingerprint density at radius 2 is 2.06 bits per heavy atom. The first-order valence-electron chi connectivity index (χ1n) is 5.82. The highest BCUT2D eigenvalue weighted by Crippen LogP contribution is 2.13. The molecular weight excluding hydrogens is 246 g/mol. The van der Waals surface area contributed by atoms with Crippen molar-refractivity contribution >= 4 is 17.3 Å². The van der Waals surface area contributed by atoms with Gasteiger partial charge < -0.3 is 10.6 Å². The van der Waals surface area contributed by atoms with Gasteiger partial charge in [0.15, 0.2) is 0 Å². The summed E-state index contributed by atoms with van der Waals surface area (Å²) in [5, 5.41) is 3.15. The van der Waals surface area contributed by atoms with Gasteiger partial charge in [-0.15, -0.1) is 11.3 Å². The molecule has 0 atom stereocenters. The molecule has 2 rings (SSSR count). The summed E-state index contributed by atoms with van der Waals surface area (Å²) in [5.41, 5.74) is 7.61. The molecule has 0 aliphatic heterocycles. The summed E-state index contributed by atoms with van der Waals surface area (Å²) < 4.78 is 0. The normalized spacial score (nSPS) is 10.6. The molecule has 2 heterocycles. The maximum Gasteiger partial charge on any atom is 0.225 e. The highest BCUT2D eigenvalue weighted by Gasteiger charge is 2.07. The van der Waals surface area contributed by atoms with Crippen molar-refractivity contribution in [2.24, 2.45) is 5.73 Å². The van der Waals surface area contributed by atoms with E-state index in [9.17, 15) is 0 Å². The summed E-state index contributed by atoms with van der Waals surface area (Å²) in [6.45, 7) is 3.35. The average molecular weight is 263 g/mol. The number of rotatable bonds is 5. The van der Waals surface area contributed by atoms with Gasteiger partial charge in [0.25, 0.3) is 0 Å². The van der Waals surface area contributed by atoms with Gasteiger partial charge in [0.1, 0.15) is 0 Å². The molecule has 0 aliphatic rings. The number of thiazole rings is 1. The van der Waals surface area contributed by atoms with Crippen LogP contribution in [0.1, 0.15) is 16.3 Å². The number of hydrogen-bond acceptors (Lipinski definition) is 6. The van der Waals surface area contributed by atoms with Crippen LogP contribution in [0.3, 0.4) is 0 Å². The molecule has 0 fully saturated rings. The topological polar surface area (TPSA) is 67.9 Å². The first kappa shape index (κ1) is 12.9. The van der Waals surface area contributed by atoms with Crippen LogP contribution in [0.25, 0.3) is 0 Å². The first-order valence-corrected chi connectivity index (χ1v) is 6.70. The Hall–Kier alpha value is -1.53. The largest absolute Gasteiger partial charge is 0.338 e. The van der Waals surface area contributed by atoms with Crippen molar-refractivity contribution < 1.29 is 0 Å². The molecular formula is C12H17N5S. The summed E-state index contributed by atoms with van der Waals surface area (Å²) in [7, 11) is 1.96. The van der Waals surface area contributed by atoms with Gasteiger partial charge in [0.2, 0.25) is 5.95 Å². The van der Waals surface area contributed by atoms with Gasteiger partial charge in [0.05, 0.1) is 17.2 Å². The molecule has 2 N–H and O–H groups in total. The maximum atomic E-state index is 5.49. The molecule has 0 saturated carbocycles. The summed E-state index contributed by atoms with van der Waals surface area (Å²) >= 11 is 1.66. The van der Waals surface area contributed by atoms with Crippen LogP contribution in [0.2, 0.25) is 0 Å². The summed E-state index contributed by atoms with van der Waals surface area (Å²) in [5.74, 6) is 0.710. The third-order valence-electron chi connectivity index (χ3n) is 2.53. The van der Waals surface area contributed by atoms with E-state index in [0.29, 0.717) is 12.5 Å². The second-order valence-corrected chi connectivity index (χ2v) is 5.21. The van der Waals surface area contributed by atoms with Crippen LogP contribution in [-0.2, 0) is 13.0 Å². The zero-order valence-corrected chi connectivity index (χ0v) is 11.4. The van der Waals surface area contributed by atoms with Gasteiger partial charge in [-0.3, -0.25) is 0 Å². The Bertz CT molecular complexity index is 493. The van der Waals surface area contributed by atoms with Crippen molar-refractivity contribution in [3.8, 4) is 0 Å². The quantitative estimate of drug-likeness (QED) is 0.882. The lowest BCUT2D eigenvalue weighted by Gasteiger charge is -2.15. The minimum Gasteiger partial charge on any atom is -0.338 e. The molecule has 0 aromatic carbocycles. The Kier molecular flexibility index (Phi) is 4.22. The molecule has 96 valence electrons. The minimum atomic E-state index is 0.622. The van der Waals surface area contributed by atoms with Crippen LogP contribution in [0.4, 0.5) is 5.95 Å². The fourth-order valence-electron chi connectivity index (χ4n) is 1.64. The second-order valence-electron chi connectivity index (χ2n) is 4.14. The van der Waals surface area contributed by atoms with Crippen LogP contribution in [0, 0.1) is 6.92 Å². The molecule has 0 bridgehead atoms. The van der Waals surface area contributed by atoms with Crippen molar-refractivity contribution in [2.75, 3.05) is 18.5 Å². The standard InChI is InChI=1S/C12H17N5S/c1-9-16-11(8-18-9)7-17(2)12-14-5-10(3-4-13)6-15-12/h5-6,8H,3-4,7,13H2,1-2H3. The fourth-order valence-corrected chi connectivity index (χ4v) is 2.24. The number of aromatic nitrogens is 3. The highest BCUT2D eigenvalue weighted by molar-refractivity contribution is 7.09. The fraction of sp³-hybridized carbons (Fsp3) is 0.417. The third-order valence-corrected chi connectivity index (χ3v) is 3.35. The number of aryl methyl sites for hydroxylation is 1. The molecule has 2 aromatic rings. The van der Waals surface area contributed by atoms with E-state index in [1.54, 1.807) is 11.3 Å². The monoisotopic (exact) mass is 263 g/mol. The van der Waals surface area contributed by atoms with E-state index >= 15 is 0 Å². The molecule has 0 radical (unpaired) electrons. The van der Waals surface area contributed by atoms with Crippen LogP contribution in [0.15, 0.2) is 17.8 Å². The van der Waals surface area contributed by atoms with Crippen molar-refractivity contribution in [3.63, 3.8) is 0 Å². The van der Waals surface area contributed by atoms with E-state index in [1.807, 2.05) is 31.3 Å². The molecule has 0 aliphatic carbocycles. The molecule has 0 amide bonds. The summed E-state index contributed by atoms with van der Waals surface area (Å²) in [4.78, 5) is 15.1. The lowest BCUT2D eigenvalue weighted by atomic mass is 10.2. The zero-order chi connectivity index (χ0) is 13.0. The van der Waals surface area contributed by atoms with E-state index in [2.05, 4.69) is 20.3 Å². The number of anilines is 1. The molecule has 0 saturated heterocycles. The smallest absolute Gasteiger partial charge is 0.225 e. The molecule has 18 heavy (non-hydrogen) atoms. The van der Waals surface area contributed by atoms with Crippen LogP contribution in [-0.4, -0.2) is 28.5 Å². The molecule has 5 nitrogen and oxygen atoms in total. The van der Waals surface area contributed by atoms with E-state index < -0.39 is 0 Å². The predicted molar refractivity (Wildman–Crippen MR) is 73.7 cm³/mol. The number of hydrogen-bond donors (Lipinski definition) is 1. The Labute approximate surface area is 111 Å². The molecule has 0 spiro atoms. The highest BCUT2D eigenvalue weighted by atomic mass is 32.1. The first-order chi connectivity index (χ1) is 8.69. The van der Waals surface area contributed by atoms with Crippen LogP contribution >= 0.6 is 11.3 Å². The SMILES string of the molecule is Cc1nc(CN(C)c2ncc(CCN)cn2)cs1. The van der Waals surface area contributed by atoms with Gasteiger partial charge >= 0.3 is 0 Å². The van der Waals surface area contributed by atoms with E-state index in [1.165, 1.54) is 0 Å². The van der Waals surface area contributed by atoms with Gasteiger partial charge in [-0.05, 0) is 25.5 Å². The van der Waals surface area contributed by atoms with Gasteiger partial charge in [-0.25, -0.2) is 15.0 Å². The lowest BCUT2D eigenvalue weighted by molar-refractivity contribution is 0.836. The Morgan fingerprint density at radius 3 is 2.61 bits per heavy atom. The summed E-state index contributed by atoms with van der Waals surface area (Å²) in [6.07, 6.45) is 4.48. The second kappa shape index (κ2) is 5.88. The minimum absolute atomic E-state index is 0.622. The van der Waals surface area contributed by atoms with Gasteiger partial charge in [0, 0.05) is 24.8 Å². The predicted octanol–water partition coefficient (Wildman–Crippen LogP) is 1.38. The van der Waals surface area contributed by atoms with Crippen molar-refractivity contribution in [1.82, 2.24) is 15.0 Å².